The zero-order valence-electron chi connectivity index (χ0n) is 9.79. The van der Waals surface area contributed by atoms with E-state index in [0.29, 0.717) is 0 Å². The van der Waals surface area contributed by atoms with Crippen molar-refractivity contribution >= 4 is 0 Å². The van der Waals surface area contributed by atoms with Crippen LogP contribution >= 0.6 is 0 Å². The normalized spacial score (nSPS) is 53.5. The number of rotatable bonds is 0. The molecule has 0 nitrogen and oxygen atoms in total. The minimum absolute atomic E-state index is 0.873. The summed E-state index contributed by atoms with van der Waals surface area (Å²) in [6, 6.07) is 0. The van der Waals surface area contributed by atoms with E-state index in [-0.39, 0.29) is 0 Å². The average molecular weight is 200 g/mol. The molecule has 5 atom stereocenters. The maximum atomic E-state index is 2.47. The Morgan fingerprint density at radius 3 is 2.93 bits per heavy atom. The Kier molecular flexibility index (Phi) is 1.49. The Morgan fingerprint density at radius 1 is 1.27 bits per heavy atom. The van der Waals surface area contributed by atoms with Gasteiger partial charge >= 0.3 is 0 Å². The number of allylic oxidation sites excluding steroid dienone is 4. The van der Waals surface area contributed by atoms with Gasteiger partial charge in [0.05, 0.1) is 0 Å². The molecule has 0 aromatic rings. The molecule has 15 heavy (non-hydrogen) atoms. The summed E-state index contributed by atoms with van der Waals surface area (Å²) in [6.45, 7) is 4.72. The highest BCUT2D eigenvalue weighted by atomic mass is 14.6. The molecule has 0 amide bonds. The molecule has 4 aliphatic rings. The van der Waals surface area contributed by atoms with Gasteiger partial charge in [0.15, 0.2) is 0 Å². The highest BCUT2D eigenvalue weighted by Crippen LogP contribution is 2.67. The summed E-state index contributed by atoms with van der Waals surface area (Å²) in [7, 11) is 0. The Balaban J connectivity index is 1.86. The third kappa shape index (κ3) is 0.822. The van der Waals surface area contributed by atoms with E-state index in [9.17, 15) is 0 Å². The summed E-state index contributed by atoms with van der Waals surface area (Å²) in [5, 5.41) is 0. The van der Waals surface area contributed by atoms with E-state index < -0.39 is 0 Å². The van der Waals surface area contributed by atoms with Crippen LogP contribution in [0.4, 0.5) is 0 Å². The largest absolute Gasteiger partial charge is 0.0879 e. The standard InChI is InChI=1S/C15H20/c1-3-11-8(2)12-7-13(11)15-10-5-4-9(6-10)14(12)15/h3,8,10,12-13,15H,4-7H2,1-2H3. The third-order valence-electron chi connectivity index (χ3n) is 5.83. The molecule has 3 fully saturated rings. The number of hydrogen-bond acceptors (Lipinski definition) is 0. The molecule has 80 valence electrons. The molecule has 5 unspecified atom stereocenters. The topological polar surface area (TPSA) is 0 Å². The molecular weight excluding hydrogens is 180 g/mol. The number of fused-ring (bicyclic) bond motifs is 8. The zero-order valence-corrected chi connectivity index (χ0v) is 9.79. The average Bonchev–Trinajstić information content (AvgIpc) is 2.94. The predicted molar refractivity (Wildman–Crippen MR) is 62.4 cm³/mol. The van der Waals surface area contributed by atoms with Crippen LogP contribution in [0, 0.1) is 29.6 Å². The van der Waals surface area contributed by atoms with E-state index in [1.165, 1.54) is 25.7 Å². The lowest BCUT2D eigenvalue weighted by Gasteiger charge is -2.34. The van der Waals surface area contributed by atoms with Crippen LogP contribution in [0.2, 0.25) is 0 Å². The summed E-state index contributed by atoms with van der Waals surface area (Å²) >= 11 is 0. The summed E-state index contributed by atoms with van der Waals surface area (Å²) in [5.74, 6) is 4.88. The summed E-state index contributed by atoms with van der Waals surface area (Å²) in [4.78, 5) is 0. The summed E-state index contributed by atoms with van der Waals surface area (Å²) in [5.41, 5.74) is 5.68. The first-order valence-corrected chi connectivity index (χ1v) is 6.69. The molecule has 4 rings (SSSR count). The third-order valence-corrected chi connectivity index (χ3v) is 5.83. The molecule has 0 saturated heterocycles. The molecular formula is C15H20. The van der Waals surface area contributed by atoms with Crippen molar-refractivity contribution < 1.29 is 0 Å². The second kappa shape index (κ2) is 2.59. The van der Waals surface area contributed by atoms with Gasteiger partial charge < -0.3 is 0 Å². The van der Waals surface area contributed by atoms with Crippen LogP contribution in [0.5, 0.6) is 0 Å². The Bertz CT molecular complexity index is 385. The van der Waals surface area contributed by atoms with Crippen molar-refractivity contribution in [3.8, 4) is 0 Å². The first-order chi connectivity index (χ1) is 7.31. The molecule has 0 radical (unpaired) electrons. The van der Waals surface area contributed by atoms with Crippen molar-refractivity contribution in [2.24, 2.45) is 29.6 Å². The van der Waals surface area contributed by atoms with Crippen LogP contribution in [-0.4, -0.2) is 0 Å². The van der Waals surface area contributed by atoms with Gasteiger partial charge in [-0.1, -0.05) is 29.7 Å². The van der Waals surface area contributed by atoms with Crippen molar-refractivity contribution in [2.45, 2.75) is 39.5 Å². The zero-order chi connectivity index (χ0) is 10.2. The van der Waals surface area contributed by atoms with Gasteiger partial charge in [-0.3, -0.25) is 0 Å². The monoisotopic (exact) mass is 200 g/mol. The highest BCUT2D eigenvalue weighted by molar-refractivity contribution is 5.43. The van der Waals surface area contributed by atoms with Crippen molar-refractivity contribution in [2.75, 3.05) is 0 Å². The molecule has 0 aromatic heterocycles. The summed E-state index contributed by atoms with van der Waals surface area (Å²) < 4.78 is 0. The van der Waals surface area contributed by atoms with E-state index in [0.717, 1.165) is 29.6 Å². The Labute approximate surface area is 92.4 Å². The molecule has 0 heteroatoms. The van der Waals surface area contributed by atoms with Gasteiger partial charge in [0, 0.05) is 0 Å². The second-order valence-corrected chi connectivity index (χ2v) is 6.11. The highest BCUT2D eigenvalue weighted by Gasteiger charge is 2.57. The van der Waals surface area contributed by atoms with Gasteiger partial charge in [-0.15, -0.1) is 0 Å². The van der Waals surface area contributed by atoms with Crippen LogP contribution in [0.1, 0.15) is 39.5 Å². The van der Waals surface area contributed by atoms with Crippen LogP contribution in [0.25, 0.3) is 0 Å². The quantitative estimate of drug-likeness (QED) is 0.519. The van der Waals surface area contributed by atoms with Crippen molar-refractivity contribution in [1.82, 2.24) is 0 Å². The lowest BCUT2D eigenvalue weighted by atomic mass is 9.71. The van der Waals surface area contributed by atoms with Gasteiger partial charge in [-0.2, -0.15) is 0 Å². The van der Waals surface area contributed by atoms with Gasteiger partial charge in [-0.25, -0.2) is 0 Å². The molecule has 4 bridgehead atoms. The van der Waals surface area contributed by atoms with Gasteiger partial charge in [-0.05, 0) is 62.2 Å². The fourth-order valence-electron chi connectivity index (χ4n) is 5.40. The fourth-order valence-corrected chi connectivity index (χ4v) is 5.40. The molecule has 0 spiro atoms. The predicted octanol–water partition coefficient (Wildman–Crippen LogP) is 3.95. The van der Waals surface area contributed by atoms with E-state index in [2.05, 4.69) is 19.9 Å². The minimum Gasteiger partial charge on any atom is -0.0879 e. The maximum absolute atomic E-state index is 2.47. The van der Waals surface area contributed by atoms with Gasteiger partial charge in [0.2, 0.25) is 0 Å². The minimum atomic E-state index is 0.873. The fraction of sp³-hybridized carbons (Fsp3) is 0.733. The van der Waals surface area contributed by atoms with Crippen molar-refractivity contribution in [3.63, 3.8) is 0 Å². The van der Waals surface area contributed by atoms with Crippen LogP contribution < -0.4 is 0 Å². The van der Waals surface area contributed by atoms with Crippen molar-refractivity contribution in [3.05, 3.63) is 22.8 Å². The SMILES string of the molecule is CC=C1C(C)C2CC1C1C2=C2CCC1C2. The molecule has 0 aromatic carbocycles. The van der Waals surface area contributed by atoms with E-state index in [1.807, 2.05) is 16.7 Å². The van der Waals surface area contributed by atoms with E-state index in [1.54, 1.807) is 0 Å². The molecule has 4 aliphatic carbocycles. The van der Waals surface area contributed by atoms with Crippen LogP contribution in [0.15, 0.2) is 22.8 Å². The molecule has 0 heterocycles. The van der Waals surface area contributed by atoms with Crippen LogP contribution in [-0.2, 0) is 0 Å². The van der Waals surface area contributed by atoms with Gasteiger partial charge in [0.25, 0.3) is 0 Å². The van der Waals surface area contributed by atoms with Crippen LogP contribution in [0.3, 0.4) is 0 Å². The molecule has 0 aliphatic heterocycles. The maximum Gasteiger partial charge on any atom is -0.0100 e. The first-order valence-electron chi connectivity index (χ1n) is 6.69. The lowest BCUT2D eigenvalue weighted by Crippen LogP contribution is -2.25. The lowest BCUT2D eigenvalue weighted by molar-refractivity contribution is 0.326. The van der Waals surface area contributed by atoms with Crippen molar-refractivity contribution in [1.29, 1.82) is 0 Å². The second-order valence-electron chi connectivity index (χ2n) is 6.11. The summed E-state index contributed by atoms with van der Waals surface area (Å²) in [6.07, 6.45) is 8.38. The van der Waals surface area contributed by atoms with E-state index >= 15 is 0 Å². The van der Waals surface area contributed by atoms with Gasteiger partial charge in [0.1, 0.15) is 0 Å². The number of hydrogen-bond donors (Lipinski definition) is 0. The Hall–Kier alpha value is -0.520. The smallest absolute Gasteiger partial charge is 0.0100 e. The molecule has 3 saturated carbocycles. The first kappa shape index (κ1) is 8.61. The molecule has 0 N–H and O–H groups in total. The Morgan fingerprint density at radius 2 is 2.13 bits per heavy atom. The van der Waals surface area contributed by atoms with E-state index in [4.69, 9.17) is 0 Å².